The van der Waals surface area contributed by atoms with Gasteiger partial charge in [-0.2, -0.15) is 0 Å². The number of rotatable bonds is 6. The highest BCUT2D eigenvalue weighted by atomic mass is 35.5. The summed E-state index contributed by atoms with van der Waals surface area (Å²) < 4.78 is 12.2. The van der Waals surface area contributed by atoms with Gasteiger partial charge in [-0.1, -0.05) is 35.3 Å². The highest BCUT2D eigenvalue weighted by Gasteiger charge is 2.25. The first-order chi connectivity index (χ1) is 18.0. The third-order valence-electron chi connectivity index (χ3n) is 6.76. The van der Waals surface area contributed by atoms with E-state index in [1.165, 1.54) is 0 Å². The number of anilines is 2. The zero-order chi connectivity index (χ0) is 25.4. The lowest BCUT2D eigenvalue weighted by molar-refractivity contribution is 0.148. The molecule has 0 atom stereocenters. The number of piperazine rings is 1. The largest absolute Gasteiger partial charge is 0.467 e. The summed E-state index contributed by atoms with van der Waals surface area (Å²) in [6.07, 6.45) is 1.74. The molecule has 0 bridgehead atoms. The maximum atomic E-state index is 6.59. The lowest BCUT2D eigenvalue weighted by Crippen LogP contribution is -2.43. The first-order valence-electron chi connectivity index (χ1n) is 12.2. The number of hydrogen-bond donors (Lipinski definition) is 1. The van der Waals surface area contributed by atoms with Gasteiger partial charge in [0.15, 0.2) is 12.5 Å². The molecule has 3 heterocycles. The van der Waals surface area contributed by atoms with E-state index in [0.717, 1.165) is 65.6 Å². The highest BCUT2D eigenvalue weighted by Crippen LogP contribution is 2.44. The fourth-order valence-corrected chi connectivity index (χ4v) is 5.14. The minimum atomic E-state index is 0.313. The number of benzene rings is 3. The minimum absolute atomic E-state index is 0.313. The van der Waals surface area contributed by atoms with Crippen molar-refractivity contribution in [2.24, 2.45) is 0 Å². The van der Waals surface area contributed by atoms with Crippen molar-refractivity contribution in [3.8, 4) is 17.2 Å². The van der Waals surface area contributed by atoms with Gasteiger partial charge in [-0.05, 0) is 49.0 Å². The summed E-state index contributed by atoms with van der Waals surface area (Å²) in [5.74, 6) is 1.95. The zero-order valence-corrected chi connectivity index (χ0v) is 22.0. The van der Waals surface area contributed by atoms with Crippen LogP contribution >= 0.6 is 23.2 Å². The van der Waals surface area contributed by atoms with Crippen LogP contribution < -0.4 is 19.9 Å². The molecule has 0 aliphatic carbocycles. The molecule has 4 aromatic rings. The molecule has 190 valence electrons. The molecule has 37 heavy (non-hydrogen) atoms. The molecule has 2 aliphatic rings. The lowest BCUT2D eigenvalue weighted by atomic mass is 10.1. The number of para-hydroxylation sites is 1. The maximum absolute atomic E-state index is 6.59. The third kappa shape index (κ3) is 5.13. The normalized spacial score (nSPS) is 16.0. The summed E-state index contributed by atoms with van der Waals surface area (Å²) in [5.41, 5.74) is 7.14. The number of hydrazine groups is 1. The molecule has 1 aromatic heterocycles. The highest BCUT2D eigenvalue weighted by molar-refractivity contribution is 6.33. The average Bonchev–Trinajstić information content (AvgIpc) is 3.30. The van der Waals surface area contributed by atoms with Crippen molar-refractivity contribution in [2.45, 2.75) is 6.54 Å². The Morgan fingerprint density at radius 2 is 1.81 bits per heavy atom. The van der Waals surface area contributed by atoms with E-state index in [4.69, 9.17) is 32.7 Å². The second kappa shape index (κ2) is 10.3. The van der Waals surface area contributed by atoms with E-state index in [-0.39, 0.29) is 0 Å². The van der Waals surface area contributed by atoms with Crippen molar-refractivity contribution >= 4 is 45.5 Å². The third-order valence-corrected chi connectivity index (χ3v) is 7.41. The predicted octanol–water partition coefficient (Wildman–Crippen LogP) is 6.26. The van der Waals surface area contributed by atoms with E-state index in [0.29, 0.717) is 29.0 Å². The molecule has 1 N–H and O–H groups in total. The van der Waals surface area contributed by atoms with Crippen LogP contribution in [0.3, 0.4) is 0 Å². The van der Waals surface area contributed by atoms with Crippen molar-refractivity contribution in [3.63, 3.8) is 0 Å². The van der Waals surface area contributed by atoms with Crippen molar-refractivity contribution in [2.75, 3.05) is 50.4 Å². The smallest absolute Gasteiger partial charge is 0.179 e. The van der Waals surface area contributed by atoms with E-state index in [9.17, 15) is 0 Å². The van der Waals surface area contributed by atoms with Crippen LogP contribution in [0.15, 0.2) is 66.9 Å². The van der Waals surface area contributed by atoms with E-state index < -0.39 is 0 Å². The number of nitrogens with one attached hydrogen (secondary N) is 1. The molecule has 0 amide bonds. The van der Waals surface area contributed by atoms with Crippen molar-refractivity contribution in [1.82, 2.24) is 14.8 Å². The number of halogens is 2. The fourth-order valence-electron chi connectivity index (χ4n) is 4.70. The molecule has 0 radical (unpaired) electrons. The topological polar surface area (TPSA) is 53.1 Å². The number of likely N-dealkylation sites (N-methyl/N-ethyl adjacent to an activating group) is 1. The molecular weight excluding hydrogens is 509 g/mol. The van der Waals surface area contributed by atoms with Gasteiger partial charge in [-0.15, -0.1) is 0 Å². The number of ether oxygens (including phenoxy) is 2. The average molecular weight is 536 g/mol. The van der Waals surface area contributed by atoms with Gasteiger partial charge in [0.25, 0.3) is 0 Å². The standard InChI is InChI=1S/C28H27Cl2N5O2/c1-33-10-12-34(13-11-33)17-19-14-20(6-7-23(19)29)32-35-18-36-28-24(30)15-21(16-26(28)35)37-27-8-9-31-25-5-3-2-4-22(25)27/h2-9,14-16,32H,10-13,17-18H2,1H3. The van der Waals surface area contributed by atoms with E-state index in [1.54, 1.807) is 12.3 Å². The summed E-state index contributed by atoms with van der Waals surface area (Å²) >= 11 is 13.2. The molecule has 6 rings (SSSR count). The van der Waals surface area contributed by atoms with Gasteiger partial charge < -0.3 is 14.4 Å². The summed E-state index contributed by atoms with van der Waals surface area (Å²) in [4.78, 5) is 9.20. The first kappa shape index (κ1) is 24.1. The Morgan fingerprint density at radius 1 is 0.973 bits per heavy atom. The maximum Gasteiger partial charge on any atom is 0.179 e. The first-order valence-corrected chi connectivity index (χ1v) is 13.0. The Bertz CT molecular complexity index is 1440. The molecule has 7 nitrogen and oxygen atoms in total. The van der Waals surface area contributed by atoms with E-state index in [1.807, 2.05) is 53.5 Å². The SMILES string of the molecule is CN1CCN(Cc2cc(NN3COc4c(Cl)cc(Oc5ccnc6ccccc56)cc43)ccc2Cl)CC1. The fraction of sp³-hybridized carbons (Fsp3) is 0.250. The van der Waals surface area contributed by atoms with Crippen LogP contribution in [0.4, 0.5) is 11.4 Å². The molecule has 0 unspecified atom stereocenters. The number of pyridine rings is 1. The summed E-state index contributed by atoms with van der Waals surface area (Å²) in [6, 6.07) is 19.4. The predicted molar refractivity (Wildman–Crippen MR) is 149 cm³/mol. The van der Waals surface area contributed by atoms with Gasteiger partial charge in [0.2, 0.25) is 0 Å². The molecule has 1 fully saturated rings. The number of aromatic nitrogens is 1. The summed E-state index contributed by atoms with van der Waals surface area (Å²) in [7, 11) is 2.16. The van der Waals surface area contributed by atoms with E-state index in [2.05, 4.69) is 33.3 Å². The Hall–Kier alpha value is -3.23. The van der Waals surface area contributed by atoms with Crippen LogP contribution in [-0.2, 0) is 6.54 Å². The lowest BCUT2D eigenvalue weighted by Gasteiger charge is -2.32. The van der Waals surface area contributed by atoms with Crippen molar-refractivity contribution < 1.29 is 9.47 Å². The van der Waals surface area contributed by atoms with E-state index >= 15 is 0 Å². The number of nitrogens with zero attached hydrogens (tertiary/aromatic N) is 4. The summed E-state index contributed by atoms with van der Waals surface area (Å²) in [5, 5.41) is 4.11. The number of fused-ring (bicyclic) bond motifs is 2. The van der Waals surface area contributed by atoms with Crippen LogP contribution in [0, 0.1) is 0 Å². The minimum Gasteiger partial charge on any atom is -0.467 e. The van der Waals surface area contributed by atoms with Crippen molar-refractivity contribution in [1.29, 1.82) is 0 Å². The monoisotopic (exact) mass is 535 g/mol. The summed E-state index contributed by atoms with van der Waals surface area (Å²) in [6.45, 7) is 5.33. The Kier molecular flexibility index (Phi) is 6.69. The van der Waals surface area contributed by atoms with Gasteiger partial charge in [-0.3, -0.25) is 15.3 Å². The molecule has 2 aliphatic heterocycles. The second-order valence-electron chi connectivity index (χ2n) is 9.38. The Balaban J connectivity index is 1.22. The Morgan fingerprint density at radius 3 is 2.68 bits per heavy atom. The van der Waals surface area contributed by atoms with Crippen LogP contribution in [0.1, 0.15) is 5.56 Å². The molecule has 0 spiro atoms. The van der Waals surface area contributed by atoms with Gasteiger partial charge in [0.1, 0.15) is 17.2 Å². The molecular formula is C28H27Cl2N5O2. The number of hydrogen-bond acceptors (Lipinski definition) is 7. The molecule has 1 saturated heterocycles. The van der Waals surface area contributed by atoms with Crippen LogP contribution in [0.5, 0.6) is 17.2 Å². The molecule has 0 saturated carbocycles. The van der Waals surface area contributed by atoms with Gasteiger partial charge >= 0.3 is 0 Å². The van der Waals surface area contributed by atoms with Crippen molar-refractivity contribution in [3.05, 3.63) is 82.5 Å². The van der Waals surface area contributed by atoms with Crippen LogP contribution in [0.2, 0.25) is 10.0 Å². The van der Waals surface area contributed by atoms with Crippen LogP contribution in [0.25, 0.3) is 10.9 Å². The Labute approximate surface area is 226 Å². The second-order valence-corrected chi connectivity index (χ2v) is 10.2. The molecule has 3 aromatic carbocycles. The molecule has 9 heteroatoms. The quantitative estimate of drug-likeness (QED) is 0.312. The van der Waals surface area contributed by atoms with Gasteiger partial charge in [-0.25, -0.2) is 5.01 Å². The van der Waals surface area contributed by atoms with Crippen LogP contribution in [-0.4, -0.2) is 54.7 Å². The zero-order valence-electron chi connectivity index (χ0n) is 20.5. The van der Waals surface area contributed by atoms with Gasteiger partial charge in [0, 0.05) is 61.5 Å². The van der Waals surface area contributed by atoms with Gasteiger partial charge in [0.05, 0.1) is 16.2 Å².